The molecule has 0 radical (unpaired) electrons. The van der Waals surface area contributed by atoms with Crippen LogP contribution in [0.5, 0.6) is 0 Å². The fraction of sp³-hybridized carbons (Fsp3) is 0.550. The smallest absolute Gasteiger partial charge is 0.244 e. The number of nitrogens with one attached hydrogen (secondary N) is 1. The zero-order valence-corrected chi connectivity index (χ0v) is 15.5. The molecule has 2 heterocycles. The standard InChI is InChI=1S/C20H26FN5O/c21-16-9-8-14(23-19(27)20(22)10-4-2-5-11-20)13-15(16)18-25-24-17-7-3-1-6-12-26(17)18/h8-9,13H,1-7,10-12,22H2,(H,23,27). The van der Waals surface area contributed by atoms with Gasteiger partial charge in [0.1, 0.15) is 11.6 Å². The minimum absolute atomic E-state index is 0.195. The second kappa shape index (κ2) is 7.38. The lowest BCUT2D eigenvalue weighted by molar-refractivity contribution is -0.122. The average Bonchev–Trinajstić information content (AvgIpc) is 2.91. The number of hydrogen-bond donors (Lipinski definition) is 2. The van der Waals surface area contributed by atoms with E-state index in [2.05, 4.69) is 15.5 Å². The number of carbonyl (C=O) groups excluding carboxylic acids is 1. The number of fused-ring (bicyclic) bond motifs is 1. The number of nitrogens with zero attached hydrogens (tertiary/aromatic N) is 3. The van der Waals surface area contributed by atoms with Crippen LogP contribution in [0.15, 0.2) is 18.2 Å². The summed E-state index contributed by atoms with van der Waals surface area (Å²) in [6.45, 7) is 0.791. The molecule has 3 N–H and O–H groups in total. The molecule has 2 aliphatic rings. The van der Waals surface area contributed by atoms with Gasteiger partial charge in [0.25, 0.3) is 0 Å². The van der Waals surface area contributed by atoms with E-state index in [1.165, 1.54) is 6.07 Å². The third-order valence-electron chi connectivity index (χ3n) is 5.77. The molecule has 144 valence electrons. The molecular formula is C20H26FN5O. The van der Waals surface area contributed by atoms with E-state index >= 15 is 0 Å². The largest absolute Gasteiger partial charge is 0.324 e. The summed E-state index contributed by atoms with van der Waals surface area (Å²) >= 11 is 0. The zero-order valence-electron chi connectivity index (χ0n) is 15.5. The Bertz CT molecular complexity index is 841. The molecule has 27 heavy (non-hydrogen) atoms. The summed E-state index contributed by atoms with van der Waals surface area (Å²) in [5.74, 6) is 0.868. The highest BCUT2D eigenvalue weighted by Crippen LogP contribution is 2.30. The molecule has 7 heteroatoms. The fourth-order valence-corrected chi connectivity index (χ4v) is 4.12. The molecule has 0 atom stereocenters. The van der Waals surface area contributed by atoms with E-state index in [9.17, 15) is 9.18 Å². The molecule has 0 unspecified atom stereocenters. The average molecular weight is 371 g/mol. The van der Waals surface area contributed by atoms with Crippen molar-refractivity contribution in [2.24, 2.45) is 5.73 Å². The highest BCUT2D eigenvalue weighted by molar-refractivity contribution is 5.98. The van der Waals surface area contributed by atoms with Gasteiger partial charge < -0.3 is 15.6 Å². The zero-order chi connectivity index (χ0) is 18.9. The van der Waals surface area contributed by atoms with Crippen molar-refractivity contribution < 1.29 is 9.18 Å². The van der Waals surface area contributed by atoms with E-state index in [4.69, 9.17) is 5.73 Å². The van der Waals surface area contributed by atoms with E-state index in [0.717, 1.165) is 57.3 Å². The summed E-state index contributed by atoms with van der Waals surface area (Å²) in [6, 6.07) is 4.58. The van der Waals surface area contributed by atoms with Crippen molar-refractivity contribution >= 4 is 11.6 Å². The normalized spacial score (nSPS) is 19.2. The lowest BCUT2D eigenvalue weighted by atomic mass is 9.82. The number of amides is 1. The molecule has 1 amide bonds. The molecular weight excluding hydrogens is 345 g/mol. The van der Waals surface area contributed by atoms with Crippen molar-refractivity contribution in [2.45, 2.75) is 69.9 Å². The Kier molecular flexibility index (Phi) is 4.95. The minimum Gasteiger partial charge on any atom is -0.324 e. The van der Waals surface area contributed by atoms with Crippen LogP contribution in [0.3, 0.4) is 0 Å². The maximum Gasteiger partial charge on any atom is 0.244 e. The number of aromatic nitrogens is 3. The number of anilines is 1. The molecule has 0 bridgehead atoms. The first kappa shape index (κ1) is 18.1. The summed E-state index contributed by atoms with van der Waals surface area (Å²) < 4.78 is 16.6. The van der Waals surface area contributed by atoms with Crippen LogP contribution in [0.1, 0.15) is 57.2 Å². The predicted octanol–water partition coefficient (Wildman–Crippen LogP) is 3.41. The Morgan fingerprint density at radius 1 is 1.11 bits per heavy atom. The number of rotatable bonds is 3. The van der Waals surface area contributed by atoms with Crippen LogP contribution in [0, 0.1) is 5.82 Å². The van der Waals surface area contributed by atoms with E-state index in [-0.39, 0.29) is 11.7 Å². The Balaban J connectivity index is 1.61. The van der Waals surface area contributed by atoms with E-state index in [1.54, 1.807) is 12.1 Å². The SMILES string of the molecule is NC1(C(=O)Nc2ccc(F)c(-c3nnc4n3CCCCC4)c2)CCCCC1. The summed E-state index contributed by atoms with van der Waals surface area (Å²) in [7, 11) is 0. The highest BCUT2D eigenvalue weighted by Gasteiger charge is 2.35. The molecule has 6 nitrogen and oxygen atoms in total. The first-order chi connectivity index (χ1) is 13.1. The maximum absolute atomic E-state index is 14.6. The third-order valence-corrected chi connectivity index (χ3v) is 5.77. The van der Waals surface area contributed by atoms with E-state index < -0.39 is 5.54 Å². The van der Waals surface area contributed by atoms with Crippen LogP contribution in [0.4, 0.5) is 10.1 Å². The van der Waals surface area contributed by atoms with Gasteiger partial charge in [-0.25, -0.2) is 4.39 Å². The second-order valence-corrected chi connectivity index (χ2v) is 7.77. The van der Waals surface area contributed by atoms with Gasteiger partial charge in [0, 0.05) is 18.7 Å². The van der Waals surface area contributed by atoms with Crippen molar-refractivity contribution in [3.63, 3.8) is 0 Å². The van der Waals surface area contributed by atoms with Crippen LogP contribution in [-0.2, 0) is 17.8 Å². The minimum atomic E-state index is -0.835. The molecule has 0 spiro atoms. The van der Waals surface area contributed by atoms with Gasteiger partial charge in [-0.3, -0.25) is 4.79 Å². The summed E-state index contributed by atoms with van der Waals surface area (Å²) in [5.41, 5.74) is 6.38. The number of carbonyl (C=O) groups is 1. The highest BCUT2D eigenvalue weighted by atomic mass is 19.1. The molecule has 0 saturated heterocycles. The van der Waals surface area contributed by atoms with E-state index in [1.807, 2.05) is 4.57 Å². The summed E-state index contributed by atoms with van der Waals surface area (Å²) in [4.78, 5) is 12.7. The monoisotopic (exact) mass is 371 g/mol. The van der Waals surface area contributed by atoms with E-state index in [0.29, 0.717) is 29.9 Å². The van der Waals surface area contributed by atoms with Crippen molar-refractivity contribution in [3.8, 4) is 11.4 Å². The predicted molar refractivity (Wildman–Crippen MR) is 102 cm³/mol. The molecule has 1 fully saturated rings. The first-order valence-corrected chi connectivity index (χ1v) is 9.89. The second-order valence-electron chi connectivity index (χ2n) is 7.77. The van der Waals surface area contributed by atoms with Crippen LogP contribution in [0.2, 0.25) is 0 Å². The van der Waals surface area contributed by atoms with Gasteiger partial charge in [-0.15, -0.1) is 10.2 Å². The summed E-state index contributed by atoms with van der Waals surface area (Å²) in [6.07, 6.45) is 8.52. The fourth-order valence-electron chi connectivity index (χ4n) is 4.12. The van der Waals surface area contributed by atoms with Crippen LogP contribution in [-0.4, -0.2) is 26.2 Å². The number of hydrogen-bond acceptors (Lipinski definition) is 4. The molecule has 4 rings (SSSR count). The summed E-state index contributed by atoms with van der Waals surface area (Å²) in [5, 5.41) is 11.4. The first-order valence-electron chi connectivity index (χ1n) is 9.89. The number of nitrogens with two attached hydrogens (primary N) is 1. The van der Waals surface area contributed by atoms with Gasteiger partial charge >= 0.3 is 0 Å². The van der Waals surface area contributed by atoms with Gasteiger partial charge in [-0.1, -0.05) is 25.7 Å². The maximum atomic E-state index is 14.6. The van der Waals surface area contributed by atoms with Crippen molar-refractivity contribution in [1.29, 1.82) is 0 Å². The third kappa shape index (κ3) is 3.60. The van der Waals surface area contributed by atoms with Gasteiger partial charge in [0.2, 0.25) is 5.91 Å². The van der Waals surface area contributed by atoms with Gasteiger partial charge in [0.05, 0.1) is 11.1 Å². The van der Waals surface area contributed by atoms with Crippen LogP contribution >= 0.6 is 0 Å². The van der Waals surface area contributed by atoms with Crippen molar-refractivity contribution in [2.75, 3.05) is 5.32 Å². The molecule has 1 aliphatic carbocycles. The Morgan fingerprint density at radius 2 is 1.89 bits per heavy atom. The van der Waals surface area contributed by atoms with Gasteiger partial charge in [0.15, 0.2) is 5.82 Å². The number of benzene rings is 1. The van der Waals surface area contributed by atoms with Gasteiger partial charge in [-0.05, 0) is 43.9 Å². The lowest BCUT2D eigenvalue weighted by Gasteiger charge is -2.31. The van der Waals surface area contributed by atoms with Crippen molar-refractivity contribution in [3.05, 3.63) is 29.8 Å². The van der Waals surface area contributed by atoms with Gasteiger partial charge in [-0.2, -0.15) is 0 Å². The Labute approximate surface area is 158 Å². The quantitative estimate of drug-likeness (QED) is 0.866. The van der Waals surface area contributed by atoms with Crippen LogP contribution in [0.25, 0.3) is 11.4 Å². The molecule has 1 aromatic carbocycles. The molecule has 2 aromatic rings. The lowest BCUT2D eigenvalue weighted by Crippen LogP contribution is -2.52. The Morgan fingerprint density at radius 3 is 2.70 bits per heavy atom. The molecule has 1 saturated carbocycles. The van der Waals surface area contributed by atoms with Crippen LogP contribution < -0.4 is 11.1 Å². The number of aryl methyl sites for hydroxylation is 1. The molecule has 1 aliphatic heterocycles. The van der Waals surface area contributed by atoms with Crippen molar-refractivity contribution in [1.82, 2.24) is 14.8 Å². The number of halogens is 1. The Hall–Kier alpha value is -2.28. The topological polar surface area (TPSA) is 85.8 Å². The molecule has 1 aromatic heterocycles.